The number of rotatable bonds is 1. The Morgan fingerprint density at radius 2 is 1.86 bits per heavy atom. The van der Waals surface area contributed by atoms with E-state index in [9.17, 15) is 22.4 Å². The van der Waals surface area contributed by atoms with E-state index in [0.29, 0.717) is 6.07 Å². The molecule has 14 heavy (non-hydrogen) atoms. The van der Waals surface area contributed by atoms with Gasteiger partial charge in [-0.1, -0.05) is 11.6 Å². The van der Waals surface area contributed by atoms with Crippen molar-refractivity contribution in [3.8, 4) is 0 Å². The van der Waals surface area contributed by atoms with Crippen molar-refractivity contribution in [2.75, 3.05) is 0 Å². The van der Waals surface area contributed by atoms with Gasteiger partial charge < -0.3 is 0 Å². The van der Waals surface area contributed by atoms with Gasteiger partial charge in [-0.15, -0.1) is 0 Å². The van der Waals surface area contributed by atoms with Gasteiger partial charge in [0.1, 0.15) is 5.82 Å². The van der Waals surface area contributed by atoms with Crippen molar-refractivity contribution in [1.29, 1.82) is 0 Å². The fourth-order valence-electron chi connectivity index (χ4n) is 0.939. The monoisotopic (exact) mass is 226 g/mol. The van der Waals surface area contributed by atoms with Gasteiger partial charge in [0.2, 0.25) is 0 Å². The maximum atomic E-state index is 12.6. The summed E-state index contributed by atoms with van der Waals surface area (Å²) in [7, 11) is 0. The van der Waals surface area contributed by atoms with Crippen LogP contribution in [-0.2, 0) is 6.18 Å². The number of alkyl halides is 3. The number of halogens is 5. The van der Waals surface area contributed by atoms with Crippen LogP contribution < -0.4 is 0 Å². The molecule has 1 aromatic rings. The largest absolute Gasteiger partial charge is 0.417 e. The Kier molecular flexibility index (Phi) is 2.80. The minimum Gasteiger partial charge on any atom is -0.298 e. The first-order chi connectivity index (χ1) is 6.36. The topological polar surface area (TPSA) is 17.1 Å². The van der Waals surface area contributed by atoms with Crippen molar-refractivity contribution in [2.45, 2.75) is 6.18 Å². The fraction of sp³-hybridized carbons (Fsp3) is 0.125. The fourth-order valence-corrected chi connectivity index (χ4v) is 1.19. The summed E-state index contributed by atoms with van der Waals surface area (Å²) in [6.45, 7) is 0. The number of carbonyl (C=O) groups is 1. The van der Waals surface area contributed by atoms with Crippen LogP contribution in [0.1, 0.15) is 15.9 Å². The average Bonchev–Trinajstić information content (AvgIpc) is 2.01. The summed E-state index contributed by atoms with van der Waals surface area (Å²) in [6, 6.07) is 0.885. The van der Waals surface area contributed by atoms with Crippen LogP contribution in [0.5, 0.6) is 0 Å². The van der Waals surface area contributed by atoms with Gasteiger partial charge in [0.05, 0.1) is 10.6 Å². The standard InChI is InChI=1S/C8H3ClF4O/c9-7-2-4(10)1-6(5(7)3-14)8(11,12)13/h1-3H. The Morgan fingerprint density at radius 1 is 1.29 bits per heavy atom. The summed E-state index contributed by atoms with van der Waals surface area (Å²) >= 11 is 5.27. The predicted molar refractivity (Wildman–Crippen MR) is 41.8 cm³/mol. The minimum atomic E-state index is -4.79. The van der Waals surface area contributed by atoms with Gasteiger partial charge in [-0.05, 0) is 12.1 Å². The van der Waals surface area contributed by atoms with E-state index in [2.05, 4.69) is 0 Å². The minimum absolute atomic E-state index is 0.0510. The molecule has 0 radical (unpaired) electrons. The number of aldehydes is 1. The van der Waals surface area contributed by atoms with Crippen LogP contribution in [0.25, 0.3) is 0 Å². The molecule has 0 saturated heterocycles. The van der Waals surface area contributed by atoms with E-state index >= 15 is 0 Å². The lowest BCUT2D eigenvalue weighted by Crippen LogP contribution is -2.10. The molecule has 1 nitrogen and oxygen atoms in total. The lowest BCUT2D eigenvalue weighted by atomic mass is 10.1. The van der Waals surface area contributed by atoms with Gasteiger partial charge in [0.15, 0.2) is 6.29 Å². The second-order valence-corrected chi connectivity index (χ2v) is 2.87. The summed E-state index contributed by atoms with van der Waals surface area (Å²) in [5.41, 5.74) is -2.11. The maximum Gasteiger partial charge on any atom is 0.417 e. The highest BCUT2D eigenvalue weighted by molar-refractivity contribution is 6.33. The van der Waals surface area contributed by atoms with Crippen molar-refractivity contribution in [3.63, 3.8) is 0 Å². The highest BCUT2D eigenvalue weighted by atomic mass is 35.5. The quantitative estimate of drug-likeness (QED) is 0.530. The molecule has 0 aliphatic carbocycles. The van der Waals surface area contributed by atoms with Crippen LogP contribution in [0.2, 0.25) is 5.02 Å². The lowest BCUT2D eigenvalue weighted by Gasteiger charge is -2.10. The third-order valence-corrected chi connectivity index (χ3v) is 1.83. The molecule has 0 N–H and O–H groups in total. The van der Waals surface area contributed by atoms with Crippen LogP contribution in [-0.4, -0.2) is 6.29 Å². The van der Waals surface area contributed by atoms with Gasteiger partial charge in [0.25, 0.3) is 0 Å². The molecule has 0 atom stereocenters. The molecule has 1 rings (SSSR count). The van der Waals surface area contributed by atoms with Crippen LogP contribution in [0, 0.1) is 5.82 Å². The molecule has 76 valence electrons. The van der Waals surface area contributed by atoms with Gasteiger partial charge in [0, 0.05) is 5.56 Å². The van der Waals surface area contributed by atoms with Crippen molar-refractivity contribution in [1.82, 2.24) is 0 Å². The molecular weight excluding hydrogens is 224 g/mol. The SMILES string of the molecule is O=Cc1c(Cl)cc(F)cc1C(F)(F)F. The molecule has 6 heteroatoms. The molecule has 0 saturated carbocycles. The van der Waals surface area contributed by atoms with Crippen molar-refractivity contribution >= 4 is 17.9 Å². The number of benzene rings is 1. The zero-order valence-electron chi connectivity index (χ0n) is 6.53. The maximum absolute atomic E-state index is 12.6. The highest BCUT2D eigenvalue weighted by Gasteiger charge is 2.34. The second-order valence-electron chi connectivity index (χ2n) is 2.46. The van der Waals surface area contributed by atoms with E-state index < -0.39 is 28.1 Å². The molecule has 0 aliphatic rings. The molecule has 0 amide bonds. The summed E-state index contributed by atoms with van der Waals surface area (Å²) < 4.78 is 49.2. The normalized spacial score (nSPS) is 11.5. The molecule has 0 unspecified atom stereocenters. The van der Waals surface area contributed by atoms with Gasteiger partial charge >= 0.3 is 6.18 Å². The Morgan fingerprint density at radius 3 is 2.29 bits per heavy atom. The summed E-state index contributed by atoms with van der Waals surface area (Å²) in [4.78, 5) is 10.3. The van der Waals surface area contributed by atoms with Crippen LogP contribution >= 0.6 is 11.6 Å². The number of hydrogen-bond acceptors (Lipinski definition) is 1. The molecule has 0 bridgehead atoms. The van der Waals surface area contributed by atoms with Gasteiger partial charge in [-0.25, -0.2) is 4.39 Å². The number of carbonyl (C=O) groups excluding carboxylic acids is 1. The lowest BCUT2D eigenvalue weighted by molar-refractivity contribution is -0.138. The van der Waals surface area contributed by atoms with Gasteiger partial charge in [-0.2, -0.15) is 13.2 Å². The predicted octanol–water partition coefficient (Wildman–Crippen LogP) is 3.31. The van der Waals surface area contributed by atoms with Crippen LogP contribution in [0.15, 0.2) is 12.1 Å². The van der Waals surface area contributed by atoms with E-state index in [4.69, 9.17) is 11.6 Å². The third-order valence-electron chi connectivity index (χ3n) is 1.52. The second kappa shape index (κ2) is 3.57. The highest BCUT2D eigenvalue weighted by Crippen LogP contribution is 2.34. The number of hydrogen-bond donors (Lipinski definition) is 0. The molecule has 0 aromatic heterocycles. The van der Waals surface area contributed by atoms with Crippen LogP contribution in [0.4, 0.5) is 17.6 Å². The molecule has 0 spiro atoms. The molecule has 0 aliphatic heterocycles. The molecule has 0 heterocycles. The molecular formula is C8H3ClF4O. The zero-order chi connectivity index (χ0) is 10.9. The van der Waals surface area contributed by atoms with E-state index in [0.717, 1.165) is 0 Å². The van der Waals surface area contributed by atoms with Crippen molar-refractivity contribution in [3.05, 3.63) is 34.1 Å². The van der Waals surface area contributed by atoms with E-state index in [1.165, 1.54) is 0 Å². The summed E-state index contributed by atoms with van der Waals surface area (Å²) in [6.07, 6.45) is -4.84. The Balaban J connectivity index is 3.48. The first kappa shape index (κ1) is 11.0. The van der Waals surface area contributed by atoms with E-state index in [1.807, 2.05) is 0 Å². The Bertz CT molecular complexity index is 372. The zero-order valence-corrected chi connectivity index (χ0v) is 7.29. The van der Waals surface area contributed by atoms with Crippen LogP contribution in [0.3, 0.4) is 0 Å². The Hall–Kier alpha value is -1.10. The summed E-state index contributed by atoms with van der Waals surface area (Å²) in [5.74, 6) is -1.13. The third kappa shape index (κ3) is 2.04. The molecule has 1 aromatic carbocycles. The van der Waals surface area contributed by atoms with E-state index in [-0.39, 0.29) is 12.4 Å². The van der Waals surface area contributed by atoms with E-state index in [1.54, 1.807) is 0 Å². The van der Waals surface area contributed by atoms with Crippen molar-refractivity contribution < 1.29 is 22.4 Å². The molecule has 0 fully saturated rings. The average molecular weight is 227 g/mol. The smallest absolute Gasteiger partial charge is 0.298 e. The first-order valence-corrected chi connectivity index (χ1v) is 3.75. The Labute approximate surface area is 81.3 Å². The summed E-state index contributed by atoms with van der Waals surface area (Å²) in [5, 5.41) is -0.549. The first-order valence-electron chi connectivity index (χ1n) is 3.37. The van der Waals surface area contributed by atoms with Crippen molar-refractivity contribution in [2.24, 2.45) is 0 Å². The van der Waals surface area contributed by atoms with Gasteiger partial charge in [-0.3, -0.25) is 4.79 Å².